The van der Waals surface area contributed by atoms with Gasteiger partial charge >= 0.3 is 0 Å². The molecular weight excluding hydrogens is 204 g/mol. The molecule has 2 rings (SSSR count). The van der Waals surface area contributed by atoms with Crippen molar-refractivity contribution in [1.82, 2.24) is 9.97 Å². The Hall–Kier alpha value is -1.97. The number of carbonyl (C=O) groups excluding carboxylic acids is 1. The lowest BCUT2D eigenvalue weighted by Crippen LogP contribution is -2.04. The molecule has 0 N–H and O–H groups in total. The molecule has 2 aromatic rings. The third kappa shape index (κ3) is 1.62. The molecule has 0 bridgehead atoms. The molecule has 4 nitrogen and oxygen atoms in total. The molecule has 0 saturated carbocycles. The molecule has 82 valence electrons. The van der Waals surface area contributed by atoms with Crippen LogP contribution < -0.4 is 4.74 Å². The van der Waals surface area contributed by atoms with Crippen molar-refractivity contribution in [2.45, 2.75) is 13.8 Å². The van der Waals surface area contributed by atoms with Gasteiger partial charge in [-0.2, -0.15) is 0 Å². The second kappa shape index (κ2) is 3.89. The minimum absolute atomic E-state index is 0.143. The third-order valence-electron chi connectivity index (χ3n) is 2.41. The van der Waals surface area contributed by atoms with Crippen molar-refractivity contribution in [2.75, 3.05) is 7.11 Å². The van der Waals surface area contributed by atoms with Gasteiger partial charge in [0.05, 0.1) is 7.11 Å². The number of ether oxygens (including phenoxy) is 1. The predicted molar refractivity (Wildman–Crippen MR) is 60.8 cm³/mol. The number of Topliss-reactive ketones (excluding diaryl/α,β-unsaturated/α-hetero) is 1. The number of hydrogen-bond donors (Lipinski definition) is 0. The molecule has 0 fully saturated rings. The van der Waals surface area contributed by atoms with Crippen LogP contribution in [0.25, 0.3) is 10.9 Å². The Morgan fingerprint density at radius 3 is 2.69 bits per heavy atom. The van der Waals surface area contributed by atoms with Crippen LogP contribution in [0.15, 0.2) is 18.2 Å². The van der Waals surface area contributed by atoms with E-state index < -0.39 is 0 Å². The summed E-state index contributed by atoms with van der Waals surface area (Å²) in [7, 11) is 1.58. The first-order valence-electron chi connectivity index (χ1n) is 4.95. The maximum Gasteiger partial charge on any atom is 0.197 e. The lowest BCUT2D eigenvalue weighted by atomic mass is 10.2. The summed E-state index contributed by atoms with van der Waals surface area (Å²) in [6.07, 6.45) is 0. The maximum atomic E-state index is 11.3. The van der Waals surface area contributed by atoms with Gasteiger partial charge in [-0.3, -0.25) is 4.79 Å². The maximum absolute atomic E-state index is 11.3. The van der Waals surface area contributed by atoms with Crippen LogP contribution in [-0.4, -0.2) is 22.9 Å². The quantitative estimate of drug-likeness (QED) is 0.722. The summed E-state index contributed by atoms with van der Waals surface area (Å²) < 4.78 is 5.22. The average molecular weight is 216 g/mol. The zero-order chi connectivity index (χ0) is 11.7. The van der Waals surface area contributed by atoms with E-state index in [9.17, 15) is 4.79 Å². The summed E-state index contributed by atoms with van der Waals surface area (Å²) in [5.74, 6) is 0.746. The van der Waals surface area contributed by atoms with Crippen LogP contribution in [0, 0.1) is 6.92 Å². The van der Waals surface area contributed by atoms with Crippen LogP contribution in [0.4, 0.5) is 0 Å². The first-order valence-corrected chi connectivity index (χ1v) is 4.95. The van der Waals surface area contributed by atoms with Crippen molar-refractivity contribution in [1.29, 1.82) is 0 Å². The number of para-hydroxylation sites is 1. The van der Waals surface area contributed by atoms with Crippen LogP contribution in [-0.2, 0) is 0 Å². The molecule has 1 heterocycles. The second-order valence-corrected chi connectivity index (χ2v) is 3.55. The van der Waals surface area contributed by atoms with Crippen molar-refractivity contribution in [2.24, 2.45) is 0 Å². The average Bonchev–Trinajstić information content (AvgIpc) is 2.28. The van der Waals surface area contributed by atoms with E-state index in [1.165, 1.54) is 6.92 Å². The fourth-order valence-corrected chi connectivity index (χ4v) is 1.60. The minimum atomic E-state index is -0.143. The number of aryl methyl sites for hydroxylation is 1. The summed E-state index contributed by atoms with van der Waals surface area (Å²) in [5, 5.41) is 0.907. The first-order chi connectivity index (χ1) is 7.63. The molecular formula is C12H12N2O2. The number of hydrogen-bond acceptors (Lipinski definition) is 4. The number of fused-ring (bicyclic) bond motifs is 1. The van der Waals surface area contributed by atoms with Gasteiger partial charge in [-0.15, -0.1) is 0 Å². The molecule has 0 aliphatic heterocycles. The molecule has 0 aliphatic rings. The summed E-state index contributed by atoms with van der Waals surface area (Å²) in [6, 6.07) is 5.61. The summed E-state index contributed by atoms with van der Waals surface area (Å²) in [4.78, 5) is 19.7. The van der Waals surface area contributed by atoms with Crippen molar-refractivity contribution in [3.8, 4) is 5.75 Å². The van der Waals surface area contributed by atoms with Gasteiger partial charge in [0, 0.05) is 18.0 Å². The highest BCUT2D eigenvalue weighted by atomic mass is 16.5. The number of aromatic nitrogens is 2. The molecule has 0 amide bonds. The van der Waals surface area contributed by atoms with E-state index in [4.69, 9.17) is 4.74 Å². The molecule has 0 spiro atoms. The predicted octanol–water partition coefficient (Wildman–Crippen LogP) is 2.15. The normalized spacial score (nSPS) is 10.4. The molecule has 4 heteroatoms. The van der Waals surface area contributed by atoms with Crippen LogP contribution in [0.2, 0.25) is 0 Å². The number of methoxy groups -OCH3 is 1. The largest absolute Gasteiger partial charge is 0.494 e. The monoisotopic (exact) mass is 216 g/mol. The Bertz CT molecular complexity index is 564. The molecule has 0 atom stereocenters. The summed E-state index contributed by atoms with van der Waals surface area (Å²) >= 11 is 0. The Labute approximate surface area is 93.3 Å². The molecule has 0 saturated heterocycles. The van der Waals surface area contributed by atoms with E-state index in [1.807, 2.05) is 25.1 Å². The van der Waals surface area contributed by atoms with Crippen molar-refractivity contribution in [3.05, 3.63) is 29.7 Å². The Morgan fingerprint density at radius 2 is 2.06 bits per heavy atom. The molecule has 0 unspecified atom stereocenters. The van der Waals surface area contributed by atoms with Crippen LogP contribution in [0.1, 0.15) is 23.2 Å². The van der Waals surface area contributed by atoms with Gasteiger partial charge in [-0.05, 0) is 13.0 Å². The Balaban J connectivity index is 2.82. The number of carbonyl (C=O) groups is 1. The zero-order valence-corrected chi connectivity index (χ0v) is 9.44. The van der Waals surface area contributed by atoms with E-state index in [0.717, 1.165) is 11.1 Å². The third-order valence-corrected chi connectivity index (χ3v) is 2.41. The van der Waals surface area contributed by atoms with Gasteiger partial charge in [0.2, 0.25) is 0 Å². The number of ketones is 1. The second-order valence-electron chi connectivity index (χ2n) is 3.55. The minimum Gasteiger partial charge on any atom is -0.494 e. The van der Waals surface area contributed by atoms with E-state index in [0.29, 0.717) is 11.3 Å². The lowest BCUT2D eigenvalue weighted by molar-refractivity contribution is 0.100. The highest BCUT2D eigenvalue weighted by molar-refractivity contribution is 5.94. The van der Waals surface area contributed by atoms with Crippen molar-refractivity contribution >= 4 is 16.7 Å². The van der Waals surface area contributed by atoms with Gasteiger partial charge in [0.25, 0.3) is 0 Å². The fraction of sp³-hybridized carbons (Fsp3) is 0.250. The van der Waals surface area contributed by atoms with E-state index in [-0.39, 0.29) is 11.6 Å². The number of benzene rings is 1. The standard InChI is InChI=1S/C12H12N2O2/c1-7-9-5-4-6-10(16-3)11(9)14-12(13-7)8(2)15/h4-6H,1-3H3. The van der Waals surface area contributed by atoms with Gasteiger partial charge in [0.15, 0.2) is 11.6 Å². The van der Waals surface area contributed by atoms with Gasteiger partial charge in [-0.25, -0.2) is 9.97 Å². The van der Waals surface area contributed by atoms with Gasteiger partial charge in [0.1, 0.15) is 11.3 Å². The molecule has 0 radical (unpaired) electrons. The highest BCUT2D eigenvalue weighted by Gasteiger charge is 2.10. The Morgan fingerprint density at radius 1 is 1.31 bits per heavy atom. The van der Waals surface area contributed by atoms with E-state index in [2.05, 4.69) is 9.97 Å². The fourth-order valence-electron chi connectivity index (χ4n) is 1.60. The SMILES string of the molecule is COc1cccc2c(C)nc(C(C)=O)nc12. The van der Waals surface area contributed by atoms with Gasteiger partial charge in [-0.1, -0.05) is 12.1 Å². The van der Waals surface area contributed by atoms with Crippen molar-refractivity contribution < 1.29 is 9.53 Å². The Kier molecular flexibility index (Phi) is 2.56. The lowest BCUT2D eigenvalue weighted by Gasteiger charge is -2.07. The number of rotatable bonds is 2. The van der Waals surface area contributed by atoms with Crippen LogP contribution in [0.3, 0.4) is 0 Å². The van der Waals surface area contributed by atoms with Gasteiger partial charge < -0.3 is 4.74 Å². The molecule has 0 aliphatic carbocycles. The topological polar surface area (TPSA) is 52.1 Å². The van der Waals surface area contributed by atoms with Crippen molar-refractivity contribution in [3.63, 3.8) is 0 Å². The zero-order valence-electron chi connectivity index (χ0n) is 9.44. The summed E-state index contributed by atoms with van der Waals surface area (Å²) in [5.41, 5.74) is 1.47. The van der Waals surface area contributed by atoms with Crippen LogP contribution >= 0.6 is 0 Å². The molecule has 1 aromatic carbocycles. The number of nitrogens with zero attached hydrogens (tertiary/aromatic N) is 2. The van der Waals surface area contributed by atoms with Crippen LogP contribution in [0.5, 0.6) is 5.75 Å². The molecule has 1 aromatic heterocycles. The first kappa shape index (κ1) is 10.5. The highest BCUT2D eigenvalue weighted by Crippen LogP contribution is 2.24. The van der Waals surface area contributed by atoms with E-state index in [1.54, 1.807) is 7.11 Å². The summed E-state index contributed by atoms with van der Waals surface area (Å²) in [6.45, 7) is 3.31. The molecule has 16 heavy (non-hydrogen) atoms. The smallest absolute Gasteiger partial charge is 0.197 e. The van der Waals surface area contributed by atoms with E-state index >= 15 is 0 Å².